The minimum Gasteiger partial charge on any atom is -0.320 e. The number of aromatic nitrogens is 1. The number of nitrogens with zero attached hydrogens (tertiary/aromatic N) is 2. The largest absolute Gasteiger partial charge is 0.320 e. The fourth-order valence-electron chi connectivity index (χ4n) is 3.74. The molecule has 0 saturated carbocycles. The van der Waals surface area contributed by atoms with Gasteiger partial charge in [-0.1, -0.05) is 36.4 Å². The van der Waals surface area contributed by atoms with Crippen molar-refractivity contribution in [3.8, 4) is 0 Å². The lowest BCUT2D eigenvalue weighted by Gasteiger charge is -2.22. The van der Waals surface area contributed by atoms with Gasteiger partial charge in [-0.25, -0.2) is 4.98 Å². The minimum absolute atomic E-state index is 0.0501. The molecule has 0 aliphatic carbocycles. The Bertz CT molecular complexity index is 1110. The van der Waals surface area contributed by atoms with E-state index in [0.29, 0.717) is 0 Å². The molecule has 1 N–H and O–H groups in total. The Balaban J connectivity index is 1.60. The summed E-state index contributed by atoms with van der Waals surface area (Å²) in [7, 11) is 0. The van der Waals surface area contributed by atoms with Crippen molar-refractivity contribution in [3.05, 3.63) is 88.7 Å². The van der Waals surface area contributed by atoms with Gasteiger partial charge >= 0.3 is 0 Å². The van der Waals surface area contributed by atoms with E-state index in [1.54, 1.807) is 23.1 Å². The number of amides is 2. The average molecular weight is 385 g/mol. The zero-order chi connectivity index (χ0) is 20.5. The van der Waals surface area contributed by atoms with Gasteiger partial charge in [-0.2, -0.15) is 0 Å². The fraction of sp³-hybridized carbons (Fsp3) is 0.208. The second-order valence-corrected chi connectivity index (χ2v) is 7.54. The van der Waals surface area contributed by atoms with Crippen molar-refractivity contribution in [1.82, 2.24) is 4.98 Å². The van der Waals surface area contributed by atoms with E-state index in [4.69, 9.17) is 0 Å². The zero-order valence-corrected chi connectivity index (χ0v) is 16.8. The van der Waals surface area contributed by atoms with Crippen LogP contribution in [0, 0.1) is 13.8 Å². The molecular formula is C24H23N3O2. The molecule has 0 spiro atoms. The van der Waals surface area contributed by atoms with E-state index in [1.807, 2.05) is 63.2 Å². The maximum atomic E-state index is 13.2. The standard InChI is InChI=1S/C24H23N3O2/c1-15-11-12-16(2)21(13-15)26-23(28)19-8-6-9-20(25-19)24(29)27-17(3)14-18-7-4-5-10-22(18)27/h4-13,17H,14H2,1-3H3,(H,26,28). The Morgan fingerprint density at radius 2 is 1.76 bits per heavy atom. The molecule has 1 aromatic heterocycles. The highest BCUT2D eigenvalue weighted by Gasteiger charge is 2.32. The Hall–Kier alpha value is -3.47. The number of nitrogens with one attached hydrogen (secondary N) is 1. The number of rotatable bonds is 3. The van der Waals surface area contributed by atoms with Crippen LogP contribution in [0.1, 0.15) is 44.6 Å². The quantitative estimate of drug-likeness (QED) is 0.720. The zero-order valence-electron chi connectivity index (χ0n) is 16.8. The van der Waals surface area contributed by atoms with Crippen LogP contribution in [-0.2, 0) is 6.42 Å². The predicted molar refractivity (Wildman–Crippen MR) is 115 cm³/mol. The van der Waals surface area contributed by atoms with Crippen LogP contribution in [0.3, 0.4) is 0 Å². The van der Waals surface area contributed by atoms with E-state index in [1.165, 1.54) is 0 Å². The highest BCUT2D eigenvalue weighted by Crippen LogP contribution is 2.32. The molecule has 4 rings (SSSR count). The molecule has 0 fully saturated rings. The van der Waals surface area contributed by atoms with Crippen molar-refractivity contribution in [2.75, 3.05) is 10.2 Å². The van der Waals surface area contributed by atoms with Crippen molar-refractivity contribution in [2.24, 2.45) is 0 Å². The molecule has 0 saturated heterocycles. The molecule has 1 aliphatic rings. The summed E-state index contributed by atoms with van der Waals surface area (Å²) in [6, 6.07) is 18.8. The van der Waals surface area contributed by atoms with Crippen molar-refractivity contribution in [2.45, 2.75) is 33.2 Å². The molecule has 0 bridgehead atoms. The maximum absolute atomic E-state index is 13.2. The van der Waals surface area contributed by atoms with Crippen molar-refractivity contribution in [1.29, 1.82) is 0 Å². The Labute approximate surface area is 170 Å². The van der Waals surface area contributed by atoms with E-state index in [-0.39, 0.29) is 29.2 Å². The molecule has 146 valence electrons. The van der Waals surface area contributed by atoms with Crippen LogP contribution < -0.4 is 10.2 Å². The molecule has 3 aromatic rings. The predicted octanol–water partition coefficient (Wildman–Crippen LogP) is 4.54. The summed E-state index contributed by atoms with van der Waals surface area (Å²) in [5, 5.41) is 2.90. The Morgan fingerprint density at radius 3 is 2.59 bits per heavy atom. The molecule has 29 heavy (non-hydrogen) atoms. The van der Waals surface area contributed by atoms with Gasteiger partial charge in [0.15, 0.2) is 0 Å². The molecule has 1 unspecified atom stereocenters. The molecule has 2 heterocycles. The summed E-state index contributed by atoms with van der Waals surface area (Å²) in [4.78, 5) is 32.1. The van der Waals surface area contributed by atoms with Crippen LogP contribution >= 0.6 is 0 Å². The van der Waals surface area contributed by atoms with Gasteiger partial charge in [0.1, 0.15) is 11.4 Å². The van der Waals surface area contributed by atoms with Crippen LogP contribution in [0.5, 0.6) is 0 Å². The van der Waals surface area contributed by atoms with Gasteiger partial charge in [0.2, 0.25) is 0 Å². The summed E-state index contributed by atoms with van der Waals surface area (Å²) in [6.07, 6.45) is 0.814. The molecule has 1 atom stereocenters. The third-order valence-electron chi connectivity index (χ3n) is 5.27. The number of carbonyl (C=O) groups is 2. The number of carbonyl (C=O) groups excluding carboxylic acids is 2. The summed E-state index contributed by atoms with van der Waals surface area (Å²) < 4.78 is 0. The number of hydrogen-bond acceptors (Lipinski definition) is 3. The highest BCUT2D eigenvalue weighted by atomic mass is 16.2. The van der Waals surface area contributed by atoms with Crippen molar-refractivity contribution >= 4 is 23.2 Å². The smallest absolute Gasteiger partial charge is 0.277 e. The van der Waals surface area contributed by atoms with E-state index in [9.17, 15) is 9.59 Å². The van der Waals surface area contributed by atoms with Crippen molar-refractivity contribution < 1.29 is 9.59 Å². The van der Waals surface area contributed by atoms with Gasteiger partial charge in [-0.05, 0) is 68.1 Å². The molecular weight excluding hydrogens is 362 g/mol. The monoisotopic (exact) mass is 385 g/mol. The first-order chi connectivity index (χ1) is 13.9. The minimum atomic E-state index is -0.330. The second kappa shape index (κ2) is 7.51. The van der Waals surface area contributed by atoms with E-state index in [2.05, 4.69) is 10.3 Å². The molecule has 5 nitrogen and oxygen atoms in total. The van der Waals surface area contributed by atoms with Crippen LogP contribution in [0.25, 0.3) is 0 Å². The Kier molecular flexibility index (Phi) is 4.89. The first-order valence-electron chi connectivity index (χ1n) is 9.71. The fourth-order valence-corrected chi connectivity index (χ4v) is 3.74. The number of benzene rings is 2. The number of aryl methyl sites for hydroxylation is 2. The summed E-state index contributed by atoms with van der Waals surface area (Å²) >= 11 is 0. The number of para-hydroxylation sites is 1. The van der Waals surface area contributed by atoms with E-state index in [0.717, 1.165) is 34.5 Å². The maximum Gasteiger partial charge on any atom is 0.277 e. The van der Waals surface area contributed by atoms with Crippen LogP contribution in [-0.4, -0.2) is 22.8 Å². The van der Waals surface area contributed by atoms with E-state index < -0.39 is 0 Å². The number of anilines is 2. The van der Waals surface area contributed by atoms with Crippen LogP contribution in [0.2, 0.25) is 0 Å². The molecule has 0 radical (unpaired) electrons. The normalized spacial score (nSPS) is 15.1. The second-order valence-electron chi connectivity index (χ2n) is 7.54. The summed E-state index contributed by atoms with van der Waals surface area (Å²) in [5.41, 5.74) is 5.33. The van der Waals surface area contributed by atoms with Gasteiger partial charge in [0, 0.05) is 17.4 Å². The third kappa shape index (κ3) is 3.63. The SMILES string of the molecule is Cc1ccc(C)c(NC(=O)c2cccc(C(=O)N3c4ccccc4CC3C)n2)c1. The number of fused-ring (bicyclic) bond motifs is 1. The topological polar surface area (TPSA) is 62.3 Å². The number of hydrogen-bond donors (Lipinski definition) is 1. The van der Waals surface area contributed by atoms with Crippen LogP contribution in [0.4, 0.5) is 11.4 Å². The third-order valence-corrected chi connectivity index (χ3v) is 5.27. The molecule has 5 heteroatoms. The molecule has 2 amide bonds. The first kappa shape index (κ1) is 18.9. The van der Waals surface area contributed by atoms with E-state index >= 15 is 0 Å². The lowest BCUT2D eigenvalue weighted by molar-refractivity contribution is 0.0976. The van der Waals surface area contributed by atoms with Gasteiger partial charge in [-0.3, -0.25) is 9.59 Å². The molecule has 1 aliphatic heterocycles. The van der Waals surface area contributed by atoms with Gasteiger partial charge in [-0.15, -0.1) is 0 Å². The highest BCUT2D eigenvalue weighted by molar-refractivity contribution is 6.08. The lowest BCUT2D eigenvalue weighted by atomic mass is 10.1. The Morgan fingerprint density at radius 1 is 1.00 bits per heavy atom. The molecule has 2 aromatic carbocycles. The lowest BCUT2D eigenvalue weighted by Crippen LogP contribution is -2.36. The summed E-state index contributed by atoms with van der Waals surface area (Å²) in [6.45, 7) is 5.94. The van der Waals surface area contributed by atoms with Crippen molar-refractivity contribution in [3.63, 3.8) is 0 Å². The van der Waals surface area contributed by atoms with Gasteiger partial charge < -0.3 is 10.2 Å². The van der Waals surface area contributed by atoms with Crippen LogP contribution in [0.15, 0.2) is 60.7 Å². The summed E-state index contributed by atoms with van der Waals surface area (Å²) in [5.74, 6) is -0.521. The van der Waals surface area contributed by atoms with Gasteiger partial charge in [0.25, 0.3) is 11.8 Å². The average Bonchev–Trinajstić information content (AvgIpc) is 3.06. The number of pyridine rings is 1. The first-order valence-corrected chi connectivity index (χ1v) is 9.71. The van der Waals surface area contributed by atoms with Gasteiger partial charge in [0.05, 0.1) is 0 Å².